The molecule has 126 valence electrons. The van der Waals surface area contributed by atoms with Gasteiger partial charge in [0.1, 0.15) is 11.3 Å². The maximum Gasteiger partial charge on any atom is 0.269 e. The van der Waals surface area contributed by atoms with Crippen LogP contribution in [0.2, 0.25) is 0 Å². The van der Waals surface area contributed by atoms with E-state index in [0.717, 1.165) is 22.5 Å². The molecule has 0 aliphatic rings. The van der Waals surface area contributed by atoms with E-state index in [1.54, 1.807) is 18.3 Å². The Kier molecular flexibility index (Phi) is 3.99. The van der Waals surface area contributed by atoms with Gasteiger partial charge in [0.25, 0.3) is 5.69 Å². The number of hydrogen-bond donors (Lipinski definition) is 0. The summed E-state index contributed by atoms with van der Waals surface area (Å²) in [5.74, 6) is 0.713. The van der Waals surface area contributed by atoms with Crippen LogP contribution in [-0.2, 0) is 0 Å². The summed E-state index contributed by atoms with van der Waals surface area (Å²) in [5.41, 5.74) is 3.41. The number of fused-ring (bicyclic) bond motifs is 1. The zero-order valence-electron chi connectivity index (χ0n) is 13.7. The first-order valence-corrected chi connectivity index (χ1v) is 8.03. The van der Waals surface area contributed by atoms with E-state index in [4.69, 9.17) is 4.98 Å². The Labute approximate surface area is 149 Å². The van der Waals surface area contributed by atoms with Crippen LogP contribution in [0.1, 0.15) is 5.56 Å². The number of imidazole rings is 1. The van der Waals surface area contributed by atoms with Crippen molar-refractivity contribution in [2.45, 2.75) is 0 Å². The van der Waals surface area contributed by atoms with Gasteiger partial charge in [0, 0.05) is 30.1 Å². The van der Waals surface area contributed by atoms with Gasteiger partial charge in [0.05, 0.1) is 4.92 Å². The third kappa shape index (κ3) is 2.95. The summed E-state index contributed by atoms with van der Waals surface area (Å²) < 4.78 is 1.92. The highest BCUT2D eigenvalue weighted by Gasteiger charge is 2.12. The van der Waals surface area contributed by atoms with Crippen molar-refractivity contribution in [1.29, 1.82) is 0 Å². The molecule has 2 heterocycles. The van der Waals surface area contributed by atoms with Gasteiger partial charge in [-0.1, -0.05) is 36.4 Å². The zero-order valence-corrected chi connectivity index (χ0v) is 13.7. The molecule has 26 heavy (non-hydrogen) atoms. The lowest BCUT2D eigenvalue weighted by Gasteiger charge is -2.00. The zero-order chi connectivity index (χ0) is 17.9. The first-order chi connectivity index (χ1) is 12.7. The van der Waals surface area contributed by atoms with Crippen LogP contribution >= 0.6 is 0 Å². The number of pyridine rings is 1. The third-order valence-corrected chi connectivity index (χ3v) is 3.99. The summed E-state index contributed by atoms with van der Waals surface area (Å²) in [4.78, 5) is 19.7. The predicted octanol–water partition coefficient (Wildman–Crippen LogP) is 4.66. The molecule has 0 aliphatic heterocycles. The summed E-state index contributed by atoms with van der Waals surface area (Å²) in [7, 11) is 0. The molecule has 0 spiro atoms. The fourth-order valence-electron chi connectivity index (χ4n) is 2.71. The molecule has 6 nitrogen and oxygen atoms in total. The summed E-state index contributed by atoms with van der Waals surface area (Å²) in [6.45, 7) is 0. The van der Waals surface area contributed by atoms with E-state index in [2.05, 4.69) is 4.99 Å². The molecule has 0 bridgehead atoms. The minimum Gasteiger partial charge on any atom is -0.284 e. The van der Waals surface area contributed by atoms with E-state index in [-0.39, 0.29) is 5.69 Å². The van der Waals surface area contributed by atoms with Crippen molar-refractivity contribution < 1.29 is 4.92 Å². The van der Waals surface area contributed by atoms with Gasteiger partial charge >= 0.3 is 0 Å². The number of benzene rings is 2. The fraction of sp³-hybridized carbons (Fsp3) is 0. The fourth-order valence-corrected chi connectivity index (χ4v) is 2.71. The molecule has 0 amide bonds. The van der Waals surface area contributed by atoms with E-state index < -0.39 is 4.92 Å². The second-order valence-electron chi connectivity index (χ2n) is 5.69. The van der Waals surface area contributed by atoms with Crippen molar-refractivity contribution in [3.05, 3.63) is 94.7 Å². The predicted molar refractivity (Wildman–Crippen MR) is 101 cm³/mol. The molecule has 6 heteroatoms. The maximum atomic E-state index is 10.8. The first-order valence-electron chi connectivity index (χ1n) is 8.03. The van der Waals surface area contributed by atoms with Gasteiger partial charge in [0.15, 0.2) is 5.82 Å². The van der Waals surface area contributed by atoms with E-state index in [1.807, 2.05) is 59.1 Å². The van der Waals surface area contributed by atoms with Crippen LogP contribution in [0, 0.1) is 10.1 Å². The minimum atomic E-state index is -0.418. The molecule has 0 atom stereocenters. The van der Waals surface area contributed by atoms with E-state index in [0.29, 0.717) is 5.82 Å². The van der Waals surface area contributed by atoms with Gasteiger partial charge in [-0.2, -0.15) is 0 Å². The minimum absolute atomic E-state index is 0.0573. The van der Waals surface area contributed by atoms with E-state index in [1.165, 1.54) is 12.1 Å². The normalized spacial score (nSPS) is 11.2. The molecule has 2 aromatic carbocycles. The molecule has 0 saturated heterocycles. The van der Waals surface area contributed by atoms with Crippen molar-refractivity contribution in [3.8, 4) is 11.3 Å². The average Bonchev–Trinajstić information content (AvgIpc) is 3.06. The molecule has 0 saturated carbocycles. The smallest absolute Gasteiger partial charge is 0.269 e. The molecule has 4 aromatic rings. The number of nitrogens with zero attached hydrogens (tertiary/aromatic N) is 4. The van der Waals surface area contributed by atoms with E-state index in [9.17, 15) is 10.1 Å². The van der Waals surface area contributed by atoms with Gasteiger partial charge in [-0.05, 0) is 29.8 Å². The molecule has 4 rings (SSSR count). The molecular formula is C20H14N4O2. The Hall–Kier alpha value is -3.80. The van der Waals surface area contributed by atoms with Crippen molar-refractivity contribution in [2.24, 2.45) is 4.99 Å². The Morgan fingerprint density at radius 1 is 0.962 bits per heavy atom. The Morgan fingerprint density at radius 2 is 1.69 bits per heavy atom. The highest BCUT2D eigenvalue weighted by atomic mass is 16.6. The lowest BCUT2D eigenvalue weighted by atomic mass is 10.1. The summed E-state index contributed by atoms with van der Waals surface area (Å²) in [5, 5.41) is 10.8. The summed E-state index contributed by atoms with van der Waals surface area (Å²) in [6.07, 6.45) is 3.60. The lowest BCUT2D eigenvalue weighted by Crippen LogP contribution is -1.89. The van der Waals surface area contributed by atoms with Crippen molar-refractivity contribution in [1.82, 2.24) is 9.38 Å². The lowest BCUT2D eigenvalue weighted by molar-refractivity contribution is -0.384. The van der Waals surface area contributed by atoms with Crippen LogP contribution in [0.3, 0.4) is 0 Å². The Balaban J connectivity index is 1.79. The topological polar surface area (TPSA) is 72.8 Å². The third-order valence-electron chi connectivity index (χ3n) is 3.99. The quantitative estimate of drug-likeness (QED) is 0.307. The number of nitro groups is 1. The van der Waals surface area contributed by atoms with E-state index >= 15 is 0 Å². The van der Waals surface area contributed by atoms with Crippen LogP contribution in [0.15, 0.2) is 84.0 Å². The van der Waals surface area contributed by atoms with Crippen molar-refractivity contribution in [3.63, 3.8) is 0 Å². The van der Waals surface area contributed by atoms with Gasteiger partial charge in [-0.3, -0.25) is 14.5 Å². The SMILES string of the molecule is O=[N+]([O-])c1ccc(C=Nc2c(-c3ccccc3)nc3ccccn23)cc1. The highest BCUT2D eigenvalue weighted by molar-refractivity contribution is 5.85. The number of non-ortho nitro benzene ring substituents is 1. The molecule has 0 aliphatic carbocycles. The van der Waals surface area contributed by atoms with Gasteiger partial charge in [0.2, 0.25) is 0 Å². The molecule has 0 fully saturated rings. The average molecular weight is 342 g/mol. The molecule has 0 unspecified atom stereocenters. The van der Waals surface area contributed by atoms with Crippen LogP contribution in [0.5, 0.6) is 0 Å². The van der Waals surface area contributed by atoms with Crippen molar-refractivity contribution >= 4 is 23.4 Å². The largest absolute Gasteiger partial charge is 0.284 e. The second-order valence-corrected chi connectivity index (χ2v) is 5.69. The van der Waals surface area contributed by atoms with Gasteiger partial charge < -0.3 is 0 Å². The van der Waals surface area contributed by atoms with Crippen LogP contribution in [-0.4, -0.2) is 20.5 Å². The maximum absolute atomic E-state index is 10.8. The summed E-state index contributed by atoms with van der Waals surface area (Å²) >= 11 is 0. The highest BCUT2D eigenvalue weighted by Crippen LogP contribution is 2.30. The monoisotopic (exact) mass is 342 g/mol. The summed E-state index contributed by atoms with van der Waals surface area (Å²) in [6, 6.07) is 21.9. The van der Waals surface area contributed by atoms with Crippen LogP contribution in [0.25, 0.3) is 16.9 Å². The van der Waals surface area contributed by atoms with Crippen LogP contribution < -0.4 is 0 Å². The first kappa shape index (κ1) is 15.7. The molecular weight excluding hydrogens is 328 g/mol. The van der Waals surface area contributed by atoms with Crippen LogP contribution in [0.4, 0.5) is 11.5 Å². The second kappa shape index (κ2) is 6.60. The number of aromatic nitrogens is 2. The number of aliphatic imine (C=N–C) groups is 1. The standard InChI is InChI=1S/C20H14N4O2/c25-24(26)17-11-9-15(10-12-17)14-21-20-19(16-6-2-1-3-7-16)22-18-8-4-5-13-23(18)20/h1-14H. The molecule has 0 N–H and O–H groups in total. The number of rotatable bonds is 4. The molecule has 0 radical (unpaired) electrons. The Morgan fingerprint density at radius 3 is 2.42 bits per heavy atom. The number of nitro benzene ring substituents is 1. The van der Waals surface area contributed by atoms with Crippen molar-refractivity contribution in [2.75, 3.05) is 0 Å². The molecule has 2 aromatic heterocycles. The van der Waals surface area contributed by atoms with Gasteiger partial charge in [-0.15, -0.1) is 0 Å². The Bertz CT molecular complexity index is 1100. The number of hydrogen-bond acceptors (Lipinski definition) is 4. The van der Waals surface area contributed by atoms with Gasteiger partial charge in [-0.25, -0.2) is 9.98 Å².